The molecule has 0 radical (unpaired) electrons. The highest BCUT2D eigenvalue weighted by Gasteiger charge is 2.52. The molecule has 1 amide bonds. The third kappa shape index (κ3) is 6.84. The van der Waals surface area contributed by atoms with Crippen LogP contribution < -0.4 is 15.7 Å². The minimum Gasteiger partial charge on any atom is -0.444 e. The van der Waals surface area contributed by atoms with E-state index in [0.717, 1.165) is 73.9 Å². The van der Waals surface area contributed by atoms with Crippen LogP contribution >= 0.6 is 0 Å². The van der Waals surface area contributed by atoms with Crippen molar-refractivity contribution in [2.75, 3.05) is 37.7 Å². The number of carbonyl (C=O) groups is 1. The van der Waals surface area contributed by atoms with E-state index >= 15 is 0 Å². The highest BCUT2D eigenvalue weighted by atomic mass is 16.7. The van der Waals surface area contributed by atoms with Gasteiger partial charge in [0.15, 0.2) is 6.23 Å². The lowest BCUT2D eigenvalue weighted by Gasteiger charge is -2.41. The number of alkyl carbamates (subject to hydrolysis) is 1. The SMILES string of the molecule is CC(C)(C)OC(=O)NCCCCOC1CN(c2cc(B3OC(C)(C)C(C)(C)O3)cc3c2cnn3C2CCCCO2)C1. The highest BCUT2D eigenvalue weighted by Crippen LogP contribution is 2.38. The zero-order valence-electron chi connectivity index (χ0n) is 25.8. The van der Waals surface area contributed by atoms with Crippen LogP contribution in [0.25, 0.3) is 10.9 Å². The van der Waals surface area contributed by atoms with Crippen LogP contribution in [0, 0.1) is 0 Å². The van der Waals surface area contributed by atoms with Gasteiger partial charge in [-0.2, -0.15) is 5.10 Å². The number of unbranched alkanes of at least 4 members (excludes halogenated alkanes) is 1. The number of anilines is 1. The Balaban J connectivity index is 1.22. The Labute approximate surface area is 244 Å². The molecule has 2 aromatic rings. The summed E-state index contributed by atoms with van der Waals surface area (Å²) >= 11 is 0. The summed E-state index contributed by atoms with van der Waals surface area (Å²) in [6, 6.07) is 4.35. The van der Waals surface area contributed by atoms with E-state index in [4.69, 9.17) is 28.6 Å². The van der Waals surface area contributed by atoms with Crippen LogP contribution in [0.4, 0.5) is 10.5 Å². The lowest BCUT2D eigenvalue weighted by Crippen LogP contribution is -2.53. The number of ether oxygens (including phenoxy) is 3. The van der Waals surface area contributed by atoms with Crippen molar-refractivity contribution in [3.05, 3.63) is 18.3 Å². The molecule has 1 aromatic carbocycles. The number of nitrogens with zero attached hydrogens (tertiary/aromatic N) is 3. The molecule has 0 spiro atoms. The first-order valence-corrected chi connectivity index (χ1v) is 15.1. The summed E-state index contributed by atoms with van der Waals surface area (Å²) in [5.41, 5.74) is 1.83. The van der Waals surface area contributed by atoms with Crippen molar-refractivity contribution in [2.24, 2.45) is 0 Å². The van der Waals surface area contributed by atoms with Gasteiger partial charge < -0.3 is 33.7 Å². The molecule has 0 bridgehead atoms. The second-order valence-corrected chi connectivity index (χ2v) is 13.5. The quantitative estimate of drug-likeness (QED) is 0.347. The van der Waals surface area contributed by atoms with Crippen LogP contribution in [0.3, 0.4) is 0 Å². The standard InChI is InChI=1S/C30H47BN4O6/c1-28(2,3)39-27(36)32-13-9-11-14-37-22-19-34(20-22)24-16-21(31-40-29(4,5)30(6,7)41-31)17-25-23(24)18-33-35(25)26-12-8-10-15-38-26/h16-18,22,26H,8-15,19-20H2,1-7H3,(H,32,36). The van der Waals surface area contributed by atoms with Crippen molar-refractivity contribution in [3.8, 4) is 0 Å². The van der Waals surface area contributed by atoms with Crippen molar-refractivity contribution >= 4 is 35.3 Å². The maximum absolute atomic E-state index is 11.8. The van der Waals surface area contributed by atoms with E-state index < -0.39 is 23.9 Å². The fourth-order valence-electron chi connectivity index (χ4n) is 5.39. The molecule has 1 unspecified atom stereocenters. The first-order valence-electron chi connectivity index (χ1n) is 15.1. The molecule has 3 fully saturated rings. The number of benzene rings is 1. The van der Waals surface area contributed by atoms with Gasteiger partial charge in [0, 0.05) is 43.9 Å². The molecule has 0 aliphatic carbocycles. The molecule has 4 heterocycles. The van der Waals surface area contributed by atoms with Gasteiger partial charge in [-0.3, -0.25) is 0 Å². The number of aromatic nitrogens is 2. The number of nitrogens with one attached hydrogen (secondary N) is 1. The first kappa shape index (κ1) is 30.1. The van der Waals surface area contributed by atoms with Crippen LogP contribution in [-0.2, 0) is 23.5 Å². The van der Waals surface area contributed by atoms with E-state index in [1.54, 1.807) is 0 Å². The molecule has 0 saturated carbocycles. The van der Waals surface area contributed by atoms with E-state index in [1.165, 1.54) is 0 Å². The molecule has 1 N–H and O–H groups in total. The number of rotatable bonds is 9. The zero-order chi connectivity index (χ0) is 29.4. The largest absolute Gasteiger partial charge is 0.494 e. The molecule has 5 rings (SSSR count). The van der Waals surface area contributed by atoms with Gasteiger partial charge in [-0.1, -0.05) is 0 Å². The topological polar surface area (TPSA) is 96.3 Å². The van der Waals surface area contributed by atoms with E-state index in [0.29, 0.717) is 13.2 Å². The molecular formula is C30H47BN4O6. The fourth-order valence-corrected chi connectivity index (χ4v) is 5.39. The smallest absolute Gasteiger partial charge is 0.444 e. The lowest BCUT2D eigenvalue weighted by molar-refractivity contribution is -0.0366. The van der Waals surface area contributed by atoms with Crippen LogP contribution in [0.5, 0.6) is 0 Å². The van der Waals surface area contributed by atoms with Gasteiger partial charge in [-0.15, -0.1) is 0 Å². The van der Waals surface area contributed by atoms with Gasteiger partial charge in [0.25, 0.3) is 0 Å². The highest BCUT2D eigenvalue weighted by molar-refractivity contribution is 6.62. The minimum atomic E-state index is -0.485. The first-order chi connectivity index (χ1) is 19.3. The van der Waals surface area contributed by atoms with Gasteiger partial charge in [-0.05, 0) is 98.2 Å². The second kappa shape index (κ2) is 11.7. The van der Waals surface area contributed by atoms with Gasteiger partial charge in [0.1, 0.15) is 5.60 Å². The molecule has 3 aliphatic rings. The summed E-state index contributed by atoms with van der Waals surface area (Å²) in [5, 5.41) is 8.69. The molecule has 11 heteroatoms. The Kier molecular flexibility index (Phi) is 8.63. The van der Waals surface area contributed by atoms with Gasteiger partial charge in [0.05, 0.1) is 29.0 Å². The van der Waals surface area contributed by atoms with Crippen LogP contribution in [0.15, 0.2) is 18.3 Å². The number of fused-ring (bicyclic) bond motifs is 1. The third-order valence-electron chi connectivity index (χ3n) is 8.45. The molecule has 3 saturated heterocycles. The number of hydrogen-bond acceptors (Lipinski definition) is 8. The number of amides is 1. The van der Waals surface area contributed by atoms with Crippen LogP contribution in [0.1, 0.15) is 86.8 Å². The zero-order valence-corrected chi connectivity index (χ0v) is 25.8. The average Bonchev–Trinajstić information content (AvgIpc) is 3.38. The summed E-state index contributed by atoms with van der Waals surface area (Å²) in [6.07, 6.45) is 6.61. The number of hydrogen-bond donors (Lipinski definition) is 1. The Morgan fingerprint density at radius 2 is 1.85 bits per heavy atom. The summed E-state index contributed by atoms with van der Waals surface area (Å²) < 4.78 is 32.4. The monoisotopic (exact) mass is 570 g/mol. The molecule has 10 nitrogen and oxygen atoms in total. The predicted molar refractivity (Wildman–Crippen MR) is 160 cm³/mol. The lowest BCUT2D eigenvalue weighted by atomic mass is 9.78. The van der Waals surface area contributed by atoms with Crippen molar-refractivity contribution in [3.63, 3.8) is 0 Å². The summed E-state index contributed by atoms with van der Waals surface area (Å²) in [7, 11) is -0.457. The molecule has 226 valence electrons. The fraction of sp³-hybridized carbons (Fsp3) is 0.733. The predicted octanol–water partition coefficient (Wildman–Crippen LogP) is 4.54. The Morgan fingerprint density at radius 3 is 2.51 bits per heavy atom. The molecular weight excluding hydrogens is 523 g/mol. The maximum Gasteiger partial charge on any atom is 0.494 e. The maximum atomic E-state index is 11.8. The van der Waals surface area contributed by atoms with Crippen molar-refractivity contribution in [2.45, 2.75) is 110 Å². The molecule has 1 atom stereocenters. The Bertz CT molecular complexity index is 1200. The minimum absolute atomic E-state index is 0.0556. The molecule has 1 aromatic heterocycles. The normalized spacial score (nSPS) is 22.7. The second-order valence-electron chi connectivity index (χ2n) is 13.5. The van der Waals surface area contributed by atoms with Gasteiger partial charge in [-0.25, -0.2) is 9.48 Å². The van der Waals surface area contributed by atoms with Crippen LogP contribution in [0.2, 0.25) is 0 Å². The van der Waals surface area contributed by atoms with E-state index in [2.05, 4.69) is 50.0 Å². The third-order valence-corrected chi connectivity index (χ3v) is 8.45. The average molecular weight is 571 g/mol. The van der Waals surface area contributed by atoms with E-state index in [9.17, 15) is 4.79 Å². The van der Waals surface area contributed by atoms with Gasteiger partial charge >= 0.3 is 13.2 Å². The molecule has 3 aliphatic heterocycles. The van der Waals surface area contributed by atoms with E-state index in [-0.39, 0.29) is 18.4 Å². The van der Waals surface area contributed by atoms with E-state index in [1.807, 2.05) is 31.6 Å². The Hall–Kier alpha value is -2.34. The Morgan fingerprint density at radius 1 is 1.12 bits per heavy atom. The van der Waals surface area contributed by atoms with Crippen molar-refractivity contribution in [1.82, 2.24) is 15.1 Å². The number of carbonyl (C=O) groups excluding carboxylic acids is 1. The van der Waals surface area contributed by atoms with Crippen molar-refractivity contribution < 1.29 is 28.3 Å². The summed E-state index contributed by atoms with van der Waals surface area (Å²) in [6.45, 7) is 17.5. The summed E-state index contributed by atoms with van der Waals surface area (Å²) in [5.74, 6) is 0. The summed E-state index contributed by atoms with van der Waals surface area (Å²) in [4.78, 5) is 14.1. The molecule has 41 heavy (non-hydrogen) atoms. The van der Waals surface area contributed by atoms with Crippen LogP contribution in [-0.4, -0.2) is 78.7 Å². The van der Waals surface area contributed by atoms with Gasteiger partial charge in [0.2, 0.25) is 0 Å². The van der Waals surface area contributed by atoms with Crippen molar-refractivity contribution in [1.29, 1.82) is 0 Å².